The molecule has 0 aliphatic heterocycles. The van der Waals surface area contributed by atoms with Crippen LogP contribution < -0.4 is 0 Å². The lowest BCUT2D eigenvalue weighted by Crippen LogP contribution is -1.71. The Bertz CT molecular complexity index is 1430. The molecule has 0 saturated heterocycles. The third-order valence-corrected chi connectivity index (χ3v) is 7.64. The molecule has 6 rings (SSSR count). The Morgan fingerprint density at radius 2 is 1.10 bits per heavy atom. The fourth-order valence-corrected chi connectivity index (χ4v) is 5.51. The van der Waals surface area contributed by atoms with Gasteiger partial charge in [0, 0.05) is 28.7 Å². The number of fused-ring (bicyclic) bond motifs is 6. The molecule has 6 heteroatoms. The summed E-state index contributed by atoms with van der Waals surface area (Å²) < 4.78 is 16.2. The van der Waals surface area contributed by atoms with Crippen LogP contribution >= 0.6 is 83.7 Å². The summed E-state index contributed by atoms with van der Waals surface area (Å²) in [7, 11) is 0. The van der Waals surface area contributed by atoms with E-state index in [-0.39, 0.29) is 0 Å². The quantitative estimate of drug-likeness (QED) is 0.143. The van der Waals surface area contributed by atoms with E-state index >= 15 is 0 Å². The first kappa shape index (κ1) is 21.0. The smallest absolute Gasteiger partial charge is 0.149 e. The maximum atomic E-state index is 5.83. The van der Waals surface area contributed by atoms with Crippen LogP contribution in [0.25, 0.3) is 43.9 Å². The molecule has 6 aromatic rings. The summed E-state index contributed by atoms with van der Waals surface area (Å²) in [6.07, 6.45) is 0. The molecular formula is C24H12BrI3O2. The van der Waals surface area contributed by atoms with Crippen molar-refractivity contribution >= 4 is 128 Å². The molecule has 0 atom stereocenters. The Balaban J connectivity index is 0.000000128. The van der Waals surface area contributed by atoms with Crippen LogP contribution in [0.4, 0.5) is 0 Å². The van der Waals surface area contributed by atoms with Gasteiger partial charge in [-0.1, -0.05) is 24.3 Å². The summed E-state index contributed by atoms with van der Waals surface area (Å²) in [4.78, 5) is 0. The number of furan rings is 2. The van der Waals surface area contributed by atoms with Gasteiger partial charge in [-0.15, -0.1) is 0 Å². The lowest BCUT2D eigenvalue weighted by Gasteiger charge is -1.91. The highest BCUT2D eigenvalue weighted by atomic mass is 127. The van der Waals surface area contributed by atoms with Crippen molar-refractivity contribution in [2.75, 3.05) is 0 Å². The molecule has 148 valence electrons. The molecule has 0 N–H and O–H groups in total. The van der Waals surface area contributed by atoms with E-state index in [1.807, 2.05) is 24.3 Å². The van der Waals surface area contributed by atoms with Crippen molar-refractivity contribution in [3.8, 4) is 0 Å². The van der Waals surface area contributed by atoms with Gasteiger partial charge in [0.1, 0.15) is 22.3 Å². The van der Waals surface area contributed by atoms with Crippen LogP contribution in [-0.4, -0.2) is 0 Å². The highest BCUT2D eigenvalue weighted by molar-refractivity contribution is 14.1. The monoisotopic (exact) mass is 792 g/mol. The minimum atomic E-state index is 0.925. The molecule has 4 aromatic carbocycles. The molecule has 2 nitrogen and oxygen atoms in total. The van der Waals surface area contributed by atoms with Gasteiger partial charge in [-0.3, -0.25) is 0 Å². The molecule has 0 aliphatic rings. The standard InChI is InChI=1S/C12H6BrIO.C12H6I2O/c13-10-3-1-2-8-9-6-7(14)4-5-11(9)15-12(8)10;13-7-4-5-11-9(6-7)8-2-1-3-10(14)12(8)15-11/h2*1-6H. The normalized spacial score (nSPS) is 11.3. The molecule has 30 heavy (non-hydrogen) atoms. The zero-order valence-electron chi connectivity index (χ0n) is 15.3. The van der Waals surface area contributed by atoms with Crippen LogP contribution in [0.2, 0.25) is 0 Å². The Hall–Kier alpha value is -0.850. The van der Waals surface area contributed by atoms with E-state index in [9.17, 15) is 0 Å². The molecular weight excluding hydrogens is 781 g/mol. The fourth-order valence-electron chi connectivity index (χ4n) is 3.47. The van der Waals surface area contributed by atoms with Gasteiger partial charge in [0.2, 0.25) is 0 Å². The Morgan fingerprint density at radius 3 is 1.73 bits per heavy atom. The highest BCUT2D eigenvalue weighted by Crippen LogP contribution is 2.34. The van der Waals surface area contributed by atoms with Crippen molar-refractivity contribution in [1.82, 2.24) is 0 Å². The topological polar surface area (TPSA) is 26.3 Å². The first-order chi connectivity index (χ1) is 14.5. The molecule has 0 saturated carbocycles. The predicted octanol–water partition coefficient (Wildman–Crippen LogP) is 9.75. The van der Waals surface area contributed by atoms with Crippen molar-refractivity contribution in [3.63, 3.8) is 0 Å². The first-order valence-corrected chi connectivity index (χ1v) is 13.1. The van der Waals surface area contributed by atoms with Crippen LogP contribution in [-0.2, 0) is 0 Å². The van der Waals surface area contributed by atoms with E-state index in [2.05, 4.69) is 132 Å². The molecule has 0 bridgehead atoms. The lowest BCUT2D eigenvalue weighted by molar-refractivity contribution is 0.666. The average molecular weight is 793 g/mol. The van der Waals surface area contributed by atoms with Gasteiger partial charge in [-0.2, -0.15) is 0 Å². The zero-order chi connectivity index (χ0) is 20.8. The highest BCUT2D eigenvalue weighted by Gasteiger charge is 2.10. The second-order valence-corrected chi connectivity index (χ2v) is 11.2. The molecule has 2 heterocycles. The van der Waals surface area contributed by atoms with Crippen molar-refractivity contribution in [1.29, 1.82) is 0 Å². The second-order valence-electron chi connectivity index (χ2n) is 6.72. The SMILES string of the molecule is Brc1cccc2c1oc1ccc(I)cc12.Ic1ccc2oc3c(I)cccc3c2c1. The third-order valence-electron chi connectivity index (χ3n) is 4.82. The van der Waals surface area contributed by atoms with Gasteiger partial charge in [-0.05, 0) is 132 Å². The fraction of sp³-hybridized carbons (Fsp3) is 0. The van der Waals surface area contributed by atoms with Crippen molar-refractivity contribution < 1.29 is 8.83 Å². The van der Waals surface area contributed by atoms with E-state index in [4.69, 9.17) is 8.83 Å². The maximum absolute atomic E-state index is 5.83. The van der Waals surface area contributed by atoms with Crippen LogP contribution in [0.15, 0.2) is 86.1 Å². The van der Waals surface area contributed by atoms with Crippen LogP contribution in [0.1, 0.15) is 0 Å². The second kappa shape index (κ2) is 8.59. The summed E-state index contributed by atoms with van der Waals surface area (Å²) in [5.74, 6) is 0. The van der Waals surface area contributed by atoms with Crippen molar-refractivity contribution in [3.05, 3.63) is 88.0 Å². The lowest BCUT2D eigenvalue weighted by atomic mass is 10.2. The summed E-state index contributed by atoms with van der Waals surface area (Å²) in [5.41, 5.74) is 3.83. The van der Waals surface area contributed by atoms with Crippen LogP contribution in [0.3, 0.4) is 0 Å². The number of hydrogen-bond donors (Lipinski definition) is 0. The van der Waals surface area contributed by atoms with Crippen LogP contribution in [0.5, 0.6) is 0 Å². The summed E-state index contributed by atoms with van der Waals surface area (Å²) in [5, 5.41) is 4.75. The van der Waals surface area contributed by atoms with Gasteiger partial charge in [0.25, 0.3) is 0 Å². The van der Waals surface area contributed by atoms with Crippen molar-refractivity contribution in [2.45, 2.75) is 0 Å². The Morgan fingerprint density at radius 1 is 0.567 bits per heavy atom. The van der Waals surface area contributed by atoms with E-state index < -0.39 is 0 Å². The van der Waals surface area contributed by atoms with E-state index in [1.54, 1.807) is 0 Å². The molecule has 0 spiro atoms. The van der Waals surface area contributed by atoms with Crippen LogP contribution in [0, 0.1) is 10.7 Å². The van der Waals surface area contributed by atoms with Gasteiger partial charge < -0.3 is 8.83 Å². The molecule has 2 aromatic heterocycles. The number of halogens is 4. The summed E-state index contributed by atoms with van der Waals surface area (Å²) in [6.45, 7) is 0. The molecule has 0 fully saturated rings. The maximum Gasteiger partial charge on any atom is 0.149 e. The van der Waals surface area contributed by atoms with Gasteiger partial charge in [-0.25, -0.2) is 0 Å². The minimum Gasteiger partial charge on any atom is -0.455 e. The summed E-state index contributed by atoms with van der Waals surface area (Å²) >= 11 is 10.4. The van der Waals surface area contributed by atoms with Gasteiger partial charge >= 0.3 is 0 Å². The summed E-state index contributed by atoms with van der Waals surface area (Å²) in [6, 6.07) is 24.8. The molecule has 0 amide bonds. The Labute approximate surface area is 221 Å². The molecule has 0 aliphatic carbocycles. The van der Waals surface area contributed by atoms with Crippen molar-refractivity contribution in [2.24, 2.45) is 0 Å². The number of hydrogen-bond acceptors (Lipinski definition) is 2. The zero-order valence-corrected chi connectivity index (χ0v) is 23.3. The van der Waals surface area contributed by atoms with Gasteiger partial charge in [0.15, 0.2) is 0 Å². The van der Waals surface area contributed by atoms with E-state index in [0.29, 0.717) is 0 Å². The largest absolute Gasteiger partial charge is 0.455 e. The average Bonchev–Trinajstić information content (AvgIpc) is 3.29. The minimum absolute atomic E-state index is 0.925. The molecule has 0 unspecified atom stereocenters. The van der Waals surface area contributed by atoms with Gasteiger partial charge in [0.05, 0.1) is 8.04 Å². The van der Waals surface area contributed by atoms with E-state index in [0.717, 1.165) is 35.8 Å². The number of rotatable bonds is 0. The van der Waals surface area contributed by atoms with E-state index in [1.165, 1.54) is 23.3 Å². The predicted molar refractivity (Wildman–Crippen MR) is 153 cm³/mol. The number of para-hydroxylation sites is 2. The number of benzene rings is 4. The first-order valence-electron chi connectivity index (χ1n) is 9.04. The Kier molecular flexibility index (Phi) is 6.02. The third kappa shape index (κ3) is 3.88. The molecule has 0 radical (unpaired) electrons.